The molecular weight excluding hydrogens is 340 g/mol. The fourth-order valence-electron chi connectivity index (χ4n) is 4.07. The standard InChI is InChI=1S/C26H56N2/c1-3-4-5-6-7-8-9-10-11-12-13-14-15-16-17-18-19-20-21-22-23-24-26(28)25(2)27/h25-26H,3-24,27-28H2,1-2H3. The molecule has 28 heavy (non-hydrogen) atoms. The number of nitrogens with two attached hydrogens (primary N) is 2. The fourth-order valence-corrected chi connectivity index (χ4v) is 4.07. The van der Waals surface area contributed by atoms with E-state index in [0.717, 1.165) is 6.42 Å². The van der Waals surface area contributed by atoms with E-state index in [9.17, 15) is 0 Å². The third kappa shape index (κ3) is 22.2. The second-order valence-corrected chi connectivity index (χ2v) is 9.38. The van der Waals surface area contributed by atoms with Gasteiger partial charge < -0.3 is 11.5 Å². The van der Waals surface area contributed by atoms with E-state index in [4.69, 9.17) is 11.5 Å². The zero-order valence-corrected chi connectivity index (χ0v) is 19.9. The van der Waals surface area contributed by atoms with Crippen LogP contribution in [0.4, 0.5) is 0 Å². The van der Waals surface area contributed by atoms with Crippen LogP contribution in [0, 0.1) is 0 Å². The minimum absolute atomic E-state index is 0.144. The fraction of sp³-hybridized carbons (Fsp3) is 1.00. The molecule has 4 N–H and O–H groups in total. The molecule has 0 spiro atoms. The molecule has 0 heterocycles. The van der Waals surface area contributed by atoms with Crippen molar-refractivity contribution in [2.75, 3.05) is 0 Å². The highest BCUT2D eigenvalue weighted by atomic mass is 14.8. The lowest BCUT2D eigenvalue weighted by molar-refractivity contribution is 0.480. The van der Waals surface area contributed by atoms with Gasteiger partial charge in [-0.1, -0.05) is 142 Å². The van der Waals surface area contributed by atoms with Gasteiger partial charge in [0.05, 0.1) is 0 Å². The predicted octanol–water partition coefficient (Wildman–Crippen LogP) is 8.26. The average Bonchev–Trinajstić information content (AvgIpc) is 2.68. The zero-order chi connectivity index (χ0) is 20.7. The molecule has 0 saturated heterocycles. The van der Waals surface area contributed by atoms with Crippen LogP contribution in [0.15, 0.2) is 0 Å². The van der Waals surface area contributed by atoms with E-state index < -0.39 is 0 Å². The topological polar surface area (TPSA) is 52.0 Å². The summed E-state index contributed by atoms with van der Waals surface area (Å²) in [4.78, 5) is 0. The van der Waals surface area contributed by atoms with Gasteiger partial charge in [-0.05, 0) is 13.3 Å². The van der Waals surface area contributed by atoms with E-state index in [-0.39, 0.29) is 12.1 Å². The van der Waals surface area contributed by atoms with Crippen LogP contribution in [0.2, 0.25) is 0 Å². The third-order valence-corrected chi connectivity index (χ3v) is 6.32. The molecule has 0 fully saturated rings. The van der Waals surface area contributed by atoms with E-state index in [1.54, 1.807) is 0 Å². The van der Waals surface area contributed by atoms with Gasteiger partial charge in [-0.15, -0.1) is 0 Å². The monoisotopic (exact) mass is 396 g/mol. The average molecular weight is 397 g/mol. The van der Waals surface area contributed by atoms with Crippen molar-refractivity contribution < 1.29 is 0 Å². The molecule has 0 bridgehead atoms. The van der Waals surface area contributed by atoms with Gasteiger partial charge in [0.1, 0.15) is 0 Å². The van der Waals surface area contributed by atoms with Crippen LogP contribution in [0.5, 0.6) is 0 Å². The highest BCUT2D eigenvalue weighted by Crippen LogP contribution is 2.15. The molecule has 170 valence electrons. The first kappa shape index (κ1) is 27.9. The van der Waals surface area contributed by atoms with Crippen molar-refractivity contribution in [3.8, 4) is 0 Å². The zero-order valence-electron chi connectivity index (χ0n) is 19.9. The Morgan fingerprint density at radius 2 is 0.679 bits per heavy atom. The first-order chi connectivity index (χ1) is 13.7. The Morgan fingerprint density at radius 3 is 0.929 bits per heavy atom. The summed E-state index contributed by atoms with van der Waals surface area (Å²) >= 11 is 0. The molecular formula is C26H56N2. The number of unbranched alkanes of at least 4 members (excludes halogenated alkanes) is 20. The lowest BCUT2D eigenvalue weighted by atomic mass is 10.0. The van der Waals surface area contributed by atoms with E-state index in [2.05, 4.69) is 6.92 Å². The number of hydrogen-bond acceptors (Lipinski definition) is 2. The van der Waals surface area contributed by atoms with Crippen LogP contribution >= 0.6 is 0 Å². The maximum absolute atomic E-state index is 5.98. The molecule has 0 radical (unpaired) electrons. The van der Waals surface area contributed by atoms with Crippen LogP contribution in [0.25, 0.3) is 0 Å². The lowest BCUT2D eigenvalue weighted by Gasteiger charge is -2.14. The molecule has 2 nitrogen and oxygen atoms in total. The summed E-state index contributed by atoms with van der Waals surface area (Å²) in [7, 11) is 0. The van der Waals surface area contributed by atoms with Crippen LogP contribution in [-0.4, -0.2) is 12.1 Å². The molecule has 0 aliphatic carbocycles. The normalized spacial score (nSPS) is 13.7. The third-order valence-electron chi connectivity index (χ3n) is 6.32. The molecule has 2 heteroatoms. The van der Waals surface area contributed by atoms with E-state index in [1.165, 1.54) is 135 Å². The molecule has 0 aromatic carbocycles. The first-order valence-electron chi connectivity index (χ1n) is 13.2. The quantitative estimate of drug-likeness (QED) is 0.171. The molecule has 0 amide bonds. The lowest BCUT2D eigenvalue weighted by Crippen LogP contribution is -2.38. The van der Waals surface area contributed by atoms with E-state index >= 15 is 0 Å². The summed E-state index contributed by atoms with van der Waals surface area (Å²) < 4.78 is 0. The van der Waals surface area contributed by atoms with Gasteiger partial charge >= 0.3 is 0 Å². The van der Waals surface area contributed by atoms with Gasteiger partial charge in [0, 0.05) is 12.1 Å². The van der Waals surface area contributed by atoms with E-state index in [1.807, 2.05) is 6.92 Å². The Balaban J connectivity index is 3.03. The van der Waals surface area contributed by atoms with Gasteiger partial charge in [0.15, 0.2) is 0 Å². The second-order valence-electron chi connectivity index (χ2n) is 9.38. The van der Waals surface area contributed by atoms with Crippen LogP contribution < -0.4 is 11.5 Å². The molecule has 0 aliphatic rings. The Morgan fingerprint density at radius 1 is 0.429 bits per heavy atom. The van der Waals surface area contributed by atoms with E-state index in [0.29, 0.717) is 0 Å². The van der Waals surface area contributed by atoms with Crippen molar-refractivity contribution >= 4 is 0 Å². The SMILES string of the molecule is CCCCCCCCCCCCCCCCCCCCCCCC(N)C(C)N. The summed E-state index contributed by atoms with van der Waals surface area (Å²) in [6.45, 7) is 4.31. The maximum Gasteiger partial charge on any atom is 0.0189 e. The summed E-state index contributed by atoms with van der Waals surface area (Å²) in [5.41, 5.74) is 11.8. The molecule has 0 rings (SSSR count). The second kappa shape index (κ2) is 23.2. The molecule has 0 aromatic rings. The number of hydrogen-bond donors (Lipinski definition) is 2. The highest BCUT2D eigenvalue weighted by molar-refractivity contribution is 4.70. The Bertz CT molecular complexity index is 278. The molecule has 2 unspecified atom stereocenters. The molecule has 2 atom stereocenters. The summed E-state index contributed by atoms with van der Waals surface area (Å²) in [6, 6.07) is 0.338. The summed E-state index contributed by atoms with van der Waals surface area (Å²) in [6.07, 6.45) is 31.2. The Labute approximate surface area is 179 Å². The van der Waals surface area contributed by atoms with Crippen molar-refractivity contribution in [2.45, 2.75) is 167 Å². The van der Waals surface area contributed by atoms with Crippen LogP contribution in [-0.2, 0) is 0 Å². The first-order valence-corrected chi connectivity index (χ1v) is 13.2. The van der Waals surface area contributed by atoms with Crippen molar-refractivity contribution in [3.63, 3.8) is 0 Å². The highest BCUT2D eigenvalue weighted by Gasteiger charge is 2.06. The van der Waals surface area contributed by atoms with Gasteiger partial charge in [-0.2, -0.15) is 0 Å². The Kier molecular flexibility index (Phi) is 23.1. The van der Waals surface area contributed by atoms with Crippen molar-refractivity contribution in [1.29, 1.82) is 0 Å². The van der Waals surface area contributed by atoms with Crippen LogP contribution in [0.1, 0.15) is 155 Å². The number of rotatable bonds is 23. The van der Waals surface area contributed by atoms with Crippen LogP contribution in [0.3, 0.4) is 0 Å². The molecule has 0 aliphatic heterocycles. The Hall–Kier alpha value is -0.0800. The smallest absolute Gasteiger partial charge is 0.0189 e. The van der Waals surface area contributed by atoms with Crippen molar-refractivity contribution in [1.82, 2.24) is 0 Å². The minimum Gasteiger partial charge on any atom is -0.327 e. The molecule has 0 aromatic heterocycles. The largest absolute Gasteiger partial charge is 0.327 e. The van der Waals surface area contributed by atoms with Gasteiger partial charge in [0.2, 0.25) is 0 Å². The van der Waals surface area contributed by atoms with Crippen molar-refractivity contribution in [2.24, 2.45) is 11.5 Å². The predicted molar refractivity (Wildman–Crippen MR) is 129 cm³/mol. The minimum atomic E-state index is 0.144. The maximum atomic E-state index is 5.98. The van der Waals surface area contributed by atoms with Gasteiger partial charge in [-0.25, -0.2) is 0 Å². The van der Waals surface area contributed by atoms with Gasteiger partial charge in [-0.3, -0.25) is 0 Å². The van der Waals surface area contributed by atoms with Gasteiger partial charge in [0.25, 0.3) is 0 Å². The van der Waals surface area contributed by atoms with Crippen molar-refractivity contribution in [3.05, 3.63) is 0 Å². The molecule has 0 saturated carbocycles. The summed E-state index contributed by atoms with van der Waals surface area (Å²) in [5, 5.41) is 0. The summed E-state index contributed by atoms with van der Waals surface area (Å²) in [5.74, 6) is 0.